The third kappa shape index (κ3) is 9.41. The first-order valence-corrected chi connectivity index (χ1v) is 23.5. The number of benzene rings is 2. The predicted octanol–water partition coefficient (Wildman–Crippen LogP) is 16.0. The number of carbonyl (C=O) groups excluding carboxylic acids is 2. The van der Waals surface area contributed by atoms with Gasteiger partial charge >= 0.3 is 0 Å². The van der Waals surface area contributed by atoms with Crippen LogP contribution in [0.2, 0.25) is 0 Å². The molecule has 0 amide bonds. The van der Waals surface area contributed by atoms with Crippen LogP contribution >= 0.6 is 22.7 Å². The van der Waals surface area contributed by atoms with E-state index in [0.29, 0.717) is 0 Å². The highest BCUT2D eigenvalue weighted by atomic mass is 32.1. The van der Waals surface area contributed by atoms with Gasteiger partial charge in [0.05, 0.1) is 0 Å². The van der Waals surface area contributed by atoms with Gasteiger partial charge in [0, 0.05) is 52.9 Å². The molecule has 0 N–H and O–H groups in total. The number of ketones is 2. The third-order valence-electron chi connectivity index (χ3n) is 11.5. The van der Waals surface area contributed by atoms with Crippen molar-refractivity contribution in [3.05, 3.63) is 163 Å². The summed E-state index contributed by atoms with van der Waals surface area (Å²) in [4.78, 5) is 33.0. The zero-order valence-corrected chi connectivity index (χ0v) is 40.3. The van der Waals surface area contributed by atoms with Gasteiger partial charge in [-0.1, -0.05) is 158 Å². The maximum atomic E-state index is 14.1. The van der Waals surface area contributed by atoms with Crippen molar-refractivity contribution in [1.82, 2.24) is 0 Å². The number of hydrogen-bond acceptors (Lipinski definition) is 4. The Morgan fingerprint density at radius 1 is 0.433 bits per heavy atom. The van der Waals surface area contributed by atoms with E-state index in [1.54, 1.807) is 0 Å². The van der Waals surface area contributed by atoms with Crippen LogP contribution in [0.15, 0.2) is 131 Å². The average molecular weight is 835 g/mol. The molecule has 2 aromatic heterocycles. The van der Waals surface area contributed by atoms with Crippen LogP contribution in [0.25, 0.3) is 20.9 Å². The van der Waals surface area contributed by atoms with Crippen molar-refractivity contribution in [2.75, 3.05) is 0 Å². The summed E-state index contributed by atoms with van der Waals surface area (Å²) >= 11 is 3.66. The largest absolute Gasteiger partial charge is 0.289 e. The maximum absolute atomic E-state index is 14.1. The van der Waals surface area contributed by atoms with Gasteiger partial charge in [0.1, 0.15) is 0 Å². The van der Waals surface area contributed by atoms with Crippen molar-refractivity contribution in [2.24, 2.45) is 21.7 Å². The SMILES string of the molecule is CCCc1ccccc1C(=C1C=C(C(C)(C)C)C(=O)C(C(C)(C)C)=C1)c1ccc(-c2ccc(C(=C3C=C(C(C)(C)C)C(=O)C(C(C)(C)C)=C3)c3ccccc3CCC)s2)s1. The van der Waals surface area contributed by atoms with Crippen LogP contribution in [0, 0.1) is 21.7 Å². The summed E-state index contributed by atoms with van der Waals surface area (Å²) < 4.78 is 0. The van der Waals surface area contributed by atoms with Gasteiger partial charge in [-0.25, -0.2) is 0 Å². The van der Waals surface area contributed by atoms with E-state index in [1.165, 1.54) is 52.9 Å². The van der Waals surface area contributed by atoms with E-state index < -0.39 is 0 Å². The third-order valence-corrected chi connectivity index (χ3v) is 13.9. The summed E-state index contributed by atoms with van der Waals surface area (Å²) in [5, 5.41) is 0. The minimum absolute atomic E-state index is 0.152. The fourth-order valence-corrected chi connectivity index (χ4v) is 10.6. The maximum Gasteiger partial charge on any atom is 0.186 e. The zero-order valence-electron chi connectivity index (χ0n) is 38.7. The Morgan fingerprint density at radius 2 is 0.733 bits per heavy atom. The molecule has 0 saturated heterocycles. The molecule has 0 spiro atoms. The van der Waals surface area contributed by atoms with Crippen LogP contribution in [0.4, 0.5) is 0 Å². The molecule has 314 valence electrons. The van der Waals surface area contributed by atoms with Crippen LogP contribution in [-0.4, -0.2) is 11.6 Å². The van der Waals surface area contributed by atoms with E-state index in [-0.39, 0.29) is 33.2 Å². The van der Waals surface area contributed by atoms with Crippen molar-refractivity contribution < 1.29 is 9.59 Å². The lowest BCUT2D eigenvalue weighted by atomic mass is 9.71. The Balaban J connectivity index is 1.60. The van der Waals surface area contributed by atoms with Gasteiger partial charge in [0.25, 0.3) is 0 Å². The summed E-state index contributed by atoms with van der Waals surface area (Å²) in [5.41, 5.74) is 11.9. The highest BCUT2D eigenvalue weighted by Crippen LogP contribution is 2.48. The minimum atomic E-state index is -0.311. The van der Waals surface area contributed by atoms with Crippen molar-refractivity contribution in [2.45, 2.75) is 123 Å². The summed E-state index contributed by atoms with van der Waals surface area (Å²) in [6, 6.07) is 26.8. The first-order chi connectivity index (χ1) is 28.0. The molecule has 2 heterocycles. The van der Waals surface area contributed by atoms with Crippen molar-refractivity contribution >= 4 is 45.4 Å². The quantitative estimate of drug-likeness (QED) is 0.168. The van der Waals surface area contributed by atoms with Crippen molar-refractivity contribution in [3.63, 3.8) is 0 Å². The van der Waals surface area contributed by atoms with Crippen molar-refractivity contribution in [3.8, 4) is 9.75 Å². The van der Waals surface area contributed by atoms with Gasteiger partial charge in [0.15, 0.2) is 11.6 Å². The zero-order chi connectivity index (χ0) is 43.9. The lowest BCUT2D eigenvalue weighted by Crippen LogP contribution is -2.28. The van der Waals surface area contributed by atoms with Crippen molar-refractivity contribution in [1.29, 1.82) is 0 Å². The number of Topliss-reactive ketones (excluding diaryl/α,β-unsaturated/α-hetero) is 2. The first kappa shape index (κ1) is 45.2. The second-order valence-corrected chi connectivity index (χ2v) is 22.9. The molecule has 0 bridgehead atoms. The van der Waals surface area contributed by atoms with E-state index in [1.807, 2.05) is 22.7 Å². The van der Waals surface area contributed by atoms with E-state index in [9.17, 15) is 9.59 Å². The summed E-state index contributed by atoms with van der Waals surface area (Å²) in [6.07, 6.45) is 12.8. The summed E-state index contributed by atoms with van der Waals surface area (Å²) in [6.45, 7) is 30.3. The molecule has 0 atom stereocenters. The Labute approximate surface area is 369 Å². The first-order valence-electron chi connectivity index (χ1n) is 21.9. The average Bonchev–Trinajstić information content (AvgIpc) is 3.83. The molecular formula is C56H66O2S2. The molecule has 2 aliphatic carbocycles. The molecule has 2 aromatic carbocycles. The Morgan fingerprint density at radius 3 is 1.02 bits per heavy atom. The molecule has 2 aliphatic rings. The molecule has 0 radical (unpaired) electrons. The van der Waals surface area contributed by atoms with Crippen LogP contribution in [0.1, 0.15) is 142 Å². The number of carbonyl (C=O) groups is 2. The lowest BCUT2D eigenvalue weighted by Gasteiger charge is -2.32. The molecule has 4 aromatic rings. The second kappa shape index (κ2) is 17.2. The molecule has 60 heavy (non-hydrogen) atoms. The van der Waals surface area contributed by atoms with Crippen LogP contribution in [0.5, 0.6) is 0 Å². The van der Waals surface area contributed by atoms with E-state index >= 15 is 0 Å². The molecule has 0 fully saturated rings. The Bertz CT molecular complexity index is 2250. The van der Waals surface area contributed by atoms with E-state index in [0.717, 1.165) is 59.1 Å². The number of hydrogen-bond donors (Lipinski definition) is 0. The molecule has 0 unspecified atom stereocenters. The second-order valence-electron chi connectivity index (χ2n) is 20.7. The van der Waals surface area contributed by atoms with Gasteiger partial charge < -0.3 is 0 Å². The topological polar surface area (TPSA) is 34.1 Å². The lowest BCUT2D eigenvalue weighted by molar-refractivity contribution is -0.114. The fourth-order valence-electron chi connectivity index (χ4n) is 8.35. The number of aryl methyl sites for hydroxylation is 2. The highest BCUT2D eigenvalue weighted by molar-refractivity contribution is 7.23. The monoisotopic (exact) mass is 834 g/mol. The standard InChI is InChI=1S/C56H66O2S2/c1-15-21-35-23-17-19-25-39(35)49(37-31-41(53(3,4)5)51(57)42(32-37)54(6,7)8)47-29-27-45(59-47)46-28-30-48(60-46)50(40-26-20-18-24-36(40)22-16-2)38-33-43(55(9,10)11)52(58)44(34-38)56(12,13)14/h17-20,23-34H,15-16,21-22H2,1-14H3. The number of rotatable bonds is 9. The van der Waals surface area contributed by atoms with E-state index in [4.69, 9.17) is 0 Å². The van der Waals surface area contributed by atoms with Gasteiger partial charge in [-0.15, -0.1) is 22.7 Å². The molecule has 0 saturated carbocycles. The number of thiophene rings is 2. The molecule has 0 aliphatic heterocycles. The summed E-state index contributed by atoms with van der Waals surface area (Å²) in [5.74, 6) is 0.305. The van der Waals surface area contributed by atoms with Crippen LogP contribution in [0.3, 0.4) is 0 Å². The van der Waals surface area contributed by atoms with Crippen LogP contribution < -0.4 is 0 Å². The molecular weight excluding hydrogens is 769 g/mol. The highest BCUT2D eigenvalue weighted by Gasteiger charge is 2.37. The van der Waals surface area contributed by atoms with Gasteiger partial charge in [-0.05, 0) is 116 Å². The molecule has 4 heteroatoms. The molecule has 6 rings (SSSR count). The van der Waals surface area contributed by atoms with Gasteiger partial charge in [-0.2, -0.15) is 0 Å². The summed E-state index contributed by atoms with van der Waals surface area (Å²) in [7, 11) is 0. The van der Waals surface area contributed by atoms with Crippen LogP contribution in [-0.2, 0) is 22.4 Å². The predicted molar refractivity (Wildman–Crippen MR) is 261 cm³/mol. The van der Waals surface area contributed by atoms with Gasteiger partial charge in [-0.3, -0.25) is 9.59 Å². The number of allylic oxidation sites excluding steroid dienone is 10. The Hall–Kier alpha value is -4.38. The normalized spacial score (nSPS) is 15.5. The Kier molecular flexibility index (Phi) is 12.9. The molecule has 2 nitrogen and oxygen atoms in total. The van der Waals surface area contributed by atoms with Gasteiger partial charge in [0.2, 0.25) is 0 Å². The fraction of sp³-hybridized carbons (Fsp3) is 0.393. The van der Waals surface area contributed by atoms with E-state index in [2.05, 4.69) is 194 Å². The smallest absolute Gasteiger partial charge is 0.186 e. The minimum Gasteiger partial charge on any atom is -0.289 e.